The van der Waals surface area contributed by atoms with Gasteiger partial charge in [0.2, 0.25) is 0 Å². The Bertz CT molecular complexity index is 396. The van der Waals surface area contributed by atoms with Gasteiger partial charge in [0.15, 0.2) is 6.10 Å². The summed E-state index contributed by atoms with van der Waals surface area (Å²) >= 11 is 11.8. The van der Waals surface area contributed by atoms with Crippen LogP contribution in [0.1, 0.15) is 18.6 Å². The van der Waals surface area contributed by atoms with Gasteiger partial charge < -0.3 is 15.6 Å². The van der Waals surface area contributed by atoms with Crippen molar-refractivity contribution in [1.82, 2.24) is 0 Å². The van der Waals surface area contributed by atoms with E-state index in [2.05, 4.69) is 0 Å². The van der Waals surface area contributed by atoms with Crippen LogP contribution in [-0.4, -0.2) is 17.3 Å². The van der Waals surface area contributed by atoms with Gasteiger partial charge in [-0.2, -0.15) is 0 Å². The molecule has 1 aromatic rings. The van der Waals surface area contributed by atoms with Crippen LogP contribution in [0.2, 0.25) is 10.0 Å². The van der Waals surface area contributed by atoms with E-state index >= 15 is 0 Å². The number of primary amides is 1. The number of aliphatic hydroxyl groups excluding tert-OH is 1. The van der Waals surface area contributed by atoms with E-state index < -0.39 is 18.3 Å². The first kappa shape index (κ1) is 13.1. The van der Waals surface area contributed by atoms with Crippen molar-refractivity contribution in [2.45, 2.75) is 19.1 Å². The Balaban J connectivity index is 3.10. The summed E-state index contributed by atoms with van der Waals surface area (Å²) in [4.78, 5) is 10.7. The number of aliphatic hydroxyl groups is 1. The standard InChI is InChI=1S/C10H11Cl2NO3/c1-5(14)9(16-10(13)15)6-3-2-4-7(11)8(6)12/h2-5,9,14H,1H3,(H2,13,15)/t5-,9+/m0/s1. The predicted molar refractivity (Wildman–Crippen MR) is 61.6 cm³/mol. The molecule has 88 valence electrons. The van der Waals surface area contributed by atoms with Gasteiger partial charge >= 0.3 is 6.09 Å². The van der Waals surface area contributed by atoms with Gasteiger partial charge in [0.1, 0.15) is 0 Å². The Morgan fingerprint density at radius 2 is 2.12 bits per heavy atom. The Morgan fingerprint density at radius 3 is 2.62 bits per heavy atom. The molecule has 0 saturated heterocycles. The van der Waals surface area contributed by atoms with Crippen LogP contribution < -0.4 is 5.73 Å². The normalized spacial score (nSPS) is 14.2. The van der Waals surface area contributed by atoms with Crippen molar-refractivity contribution in [3.8, 4) is 0 Å². The molecule has 6 heteroatoms. The van der Waals surface area contributed by atoms with Gasteiger partial charge in [-0.25, -0.2) is 4.79 Å². The van der Waals surface area contributed by atoms with Crippen molar-refractivity contribution in [3.63, 3.8) is 0 Å². The predicted octanol–water partition coefficient (Wildman–Crippen LogP) is 2.51. The van der Waals surface area contributed by atoms with E-state index in [4.69, 9.17) is 33.7 Å². The molecular weight excluding hydrogens is 253 g/mol. The zero-order chi connectivity index (χ0) is 12.3. The minimum atomic E-state index is -0.984. The molecule has 3 N–H and O–H groups in total. The van der Waals surface area contributed by atoms with Crippen molar-refractivity contribution < 1.29 is 14.6 Å². The van der Waals surface area contributed by atoms with Crippen molar-refractivity contribution in [2.75, 3.05) is 0 Å². The fourth-order valence-electron chi connectivity index (χ4n) is 1.29. The summed E-state index contributed by atoms with van der Waals surface area (Å²) in [5, 5.41) is 10.0. The third kappa shape index (κ3) is 3.01. The van der Waals surface area contributed by atoms with Crippen LogP contribution in [0.4, 0.5) is 4.79 Å². The number of hydrogen-bond acceptors (Lipinski definition) is 3. The highest BCUT2D eigenvalue weighted by atomic mass is 35.5. The lowest BCUT2D eigenvalue weighted by Crippen LogP contribution is -2.25. The summed E-state index contributed by atoms with van der Waals surface area (Å²) in [5.74, 6) is 0. The third-order valence-electron chi connectivity index (χ3n) is 1.97. The lowest BCUT2D eigenvalue weighted by molar-refractivity contribution is 0.0148. The minimum absolute atomic E-state index is 0.233. The number of ether oxygens (including phenoxy) is 1. The molecule has 1 rings (SSSR count). The van der Waals surface area contributed by atoms with E-state index in [1.165, 1.54) is 6.92 Å². The van der Waals surface area contributed by atoms with Gasteiger partial charge in [0.25, 0.3) is 0 Å². The van der Waals surface area contributed by atoms with Crippen LogP contribution >= 0.6 is 23.2 Å². The number of carbonyl (C=O) groups excluding carboxylic acids is 1. The minimum Gasteiger partial charge on any atom is -0.439 e. The van der Waals surface area contributed by atoms with E-state index in [0.717, 1.165) is 0 Å². The fraction of sp³-hybridized carbons (Fsp3) is 0.300. The Labute approximate surface area is 103 Å². The first-order valence-electron chi connectivity index (χ1n) is 4.51. The second kappa shape index (κ2) is 5.39. The zero-order valence-electron chi connectivity index (χ0n) is 8.48. The summed E-state index contributed by atoms with van der Waals surface area (Å²) in [5.41, 5.74) is 5.33. The molecule has 0 aromatic heterocycles. The molecule has 0 radical (unpaired) electrons. The quantitative estimate of drug-likeness (QED) is 0.880. The highest BCUT2D eigenvalue weighted by Crippen LogP contribution is 2.33. The zero-order valence-corrected chi connectivity index (χ0v) is 10.00. The second-order valence-electron chi connectivity index (χ2n) is 3.24. The fourth-order valence-corrected chi connectivity index (χ4v) is 1.70. The van der Waals surface area contributed by atoms with Gasteiger partial charge in [0.05, 0.1) is 16.1 Å². The van der Waals surface area contributed by atoms with Crippen molar-refractivity contribution in [3.05, 3.63) is 33.8 Å². The molecule has 1 aromatic carbocycles. The van der Waals surface area contributed by atoms with Gasteiger partial charge in [-0.1, -0.05) is 35.3 Å². The van der Waals surface area contributed by atoms with E-state index in [-0.39, 0.29) is 5.02 Å². The van der Waals surface area contributed by atoms with Gasteiger partial charge in [-0.15, -0.1) is 0 Å². The molecule has 2 atom stereocenters. The molecule has 0 heterocycles. The SMILES string of the molecule is C[C@H](O)[C@@H](OC(N)=O)c1cccc(Cl)c1Cl. The third-order valence-corrected chi connectivity index (χ3v) is 2.80. The summed E-state index contributed by atoms with van der Waals surface area (Å²) in [6.45, 7) is 1.46. The Hall–Kier alpha value is -0.970. The molecule has 0 aliphatic heterocycles. The molecule has 16 heavy (non-hydrogen) atoms. The average molecular weight is 264 g/mol. The number of amides is 1. The topological polar surface area (TPSA) is 72.6 Å². The average Bonchev–Trinajstić information content (AvgIpc) is 2.18. The number of nitrogens with two attached hydrogens (primary N) is 1. The van der Waals surface area contributed by atoms with Crippen LogP contribution in [0, 0.1) is 0 Å². The molecule has 0 fully saturated rings. The Morgan fingerprint density at radius 1 is 1.50 bits per heavy atom. The van der Waals surface area contributed by atoms with E-state index in [1.807, 2.05) is 0 Å². The van der Waals surface area contributed by atoms with Gasteiger partial charge in [0, 0.05) is 5.56 Å². The van der Waals surface area contributed by atoms with E-state index in [0.29, 0.717) is 10.6 Å². The summed E-state index contributed by atoms with van der Waals surface area (Å²) in [6.07, 6.45) is -2.85. The monoisotopic (exact) mass is 263 g/mol. The summed E-state index contributed by atoms with van der Waals surface area (Å²) in [6, 6.07) is 4.84. The number of hydrogen-bond donors (Lipinski definition) is 2. The lowest BCUT2D eigenvalue weighted by atomic mass is 10.1. The largest absolute Gasteiger partial charge is 0.439 e. The maximum Gasteiger partial charge on any atom is 0.405 e. The van der Waals surface area contributed by atoms with Gasteiger partial charge in [-0.3, -0.25) is 0 Å². The molecular formula is C10H11Cl2NO3. The van der Waals surface area contributed by atoms with E-state index in [9.17, 15) is 9.90 Å². The number of benzene rings is 1. The van der Waals surface area contributed by atoms with Crippen LogP contribution in [-0.2, 0) is 4.74 Å². The molecule has 0 aliphatic rings. The summed E-state index contributed by atoms with van der Waals surface area (Å²) in [7, 11) is 0. The maximum atomic E-state index is 10.7. The molecule has 0 unspecified atom stereocenters. The highest BCUT2D eigenvalue weighted by Gasteiger charge is 2.24. The molecule has 0 bridgehead atoms. The van der Waals surface area contributed by atoms with Crippen LogP contribution in [0.25, 0.3) is 0 Å². The van der Waals surface area contributed by atoms with Crippen LogP contribution in [0.5, 0.6) is 0 Å². The molecule has 0 aliphatic carbocycles. The lowest BCUT2D eigenvalue weighted by Gasteiger charge is -2.21. The maximum absolute atomic E-state index is 10.7. The first-order chi connectivity index (χ1) is 7.43. The number of carbonyl (C=O) groups is 1. The van der Waals surface area contributed by atoms with E-state index in [1.54, 1.807) is 18.2 Å². The molecule has 1 amide bonds. The summed E-state index contributed by atoms with van der Waals surface area (Å²) < 4.78 is 4.78. The Kier molecular flexibility index (Phi) is 4.41. The smallest absolute Gasteiger partial charge is 0.405 e. The molecule has 4 nitrogen and oxygen atoms in total. The van der Waals surface area contributed by atoms with Crippen LogP contribution in [0.3, 0.4) is 0 Å². The molecule has 0 spiro atoms. The van der Waals surface area contributed by atoms with Crippen molar-refractivity contribution >= 4 is 29.3 Å². The van der Waals surface area contributed by atoms with Gasteiger partial charge in [-0.05, 0) is 13.0 Å². The molecule has 0 saturated carbocycles. The number of halogens is 2. The van der Waals surface area contributed by atoms with Crippen molar-refractivity contribution in [1.29, 1.82) is 0 Å². The van der Waals surface area contributed by atoms with Crippen LogP contribution in [0.15, 0.2) is 18.2 Å². The van der Waals surface area contributed by atoms with Crippen molar-refractivity contribution in [2.24, 2.45) is 5.73 Å². The highest BCUT2D eigenvalue weighted by molar-refractivity contribution is 6.42. The second-order valence-corrected chi connectivity index (χ2v) is 4.03. The first-order valence-corrected chi connectivity index (χ1v) is 5.27. The number of rotatable bonds is 3.